The zero-order chi connectivity index (χ0) is 15.9. The van der Waals surface area contributed by atoms with Crippen LogP contribution in [0.5, 0.6) is 0 Å². The minimum Gasteiger partial charge on any atom is -0.465 e. The summed E-state index contributed by atoms with van der Waals surface area (Å²) in [4.78, 5) is 18.4. The molecule has 23 heavy (non-hydrogen) atoms. The molecule has 2 aromatic heterocycles. The molecule has 3 heterocycles. The Hall–Kier alpha value is -2.60. The first-order valence-corrected chi connectivity index (χ1v) is 7.58. The summed E-state index contributed by atoms with van der Waals surface area (Å²) >= 11 is 0. The third-order valence-electron chi connectivity index (χ3n) is 3.55. The second kappa shape index (κ2) is 7.60. The van der Waals surface area contributed by atoms with Crippen LogP contribution in [0.2, 0.25) is 0 Å². The van der Waals surface area contributed by atoms with Crippen molar-refractivity contribution in [1.82, 2.24) is 10.3 Å². The smallest absolute Gasteiger partial charge is 0.244 e. The number of aromatic nitrogens is 1. The van der Waals surface area contributed by atoms with Crippen molar-refractivity contribution >= 4 is 17.8 Å². The number of hydrogen-bond acceptors (Lipinski definition) is 5. The number of pyridine rings is 1. The Balaban J connectivity index is 1.54. The van der Waals surface area contributed by atoms with Crippen LogP contribution in [0, 0.1) is 0 Å². The van der Waals surface area contributed by atoms with Crippen LogP contribution in [0.3, 0.4) is 0 Å². The van der Waals surface area contributed by atoms with Gasteiger partial charge in [0.05, 0.1) is 19.5 Å². The topological polar surface area (TPSA) is 67.6 Å². The van der Waals surface area contributed by atoms with Crippen LogP contribution < -0.4 is 10.2 Å². The molecule has 6 heteroatoms. The highest BCUT2D eigenvalue weighted by atomic mass is 16.5. The largest absolute Gasteiger partial charge is 0.465 e. The number of anilines is 1. The van der Waals surface area contributed by atoms with Crippen molar-refractivity contribution in [3.63, 3.8) is 0 Å². The molecule has 1 N–H and O–H groups in total. The third kappa shape index (κ3) is 4.43. The lowest BCUT2D eigenvalue weighted by molar-refractivity contribution is -0.116. The van der Waals surface area contributed by atoms with Gasteiger partial charge in [-0.1, -0.05) is 0 Å². The molecule has 0 aliphatic carbocycles. The van der Waals surface area contributed by atoms with Crippen LogP contribution in [0.15, 0.2) is 47.2 Å². The van der Waals surface area contributed by atoms with E-state index in [-0.39, 0.29) is 5.91 Å². The number of hydrogen-bond donors (Lipinski definition) is 1. The first-order valence-electron chi connectivity index (χ1n) is 7.58. The van der Waals surface area contributed by atoms with Gasteiger partial charge in [0.25, 0.3) is 0 Å². The maximum atomic E-state index is 11.8. The minimum absolute atomic E-state index is 0.161. The average molecular weight is 313 g/mol. The summed E-state index contributed by atoms with van der Waals surface area (Å²) in [5.41, 5.74) is 1.02. The van der Waals surface area contributed by atoms with E-state index in [2.05, 4.69) is 15.2 Å². The maximum Gasteiger partial charge on any atom is 0.244 e. The van der Waals surface area contributed by atoms with Crippen molar-refractivity contribution in [1.29, 1.82) is 0 Å². The molecule has 1 fully saturated rings. The Morgan fingerprint density at radius 2 is 2.22 bits per heavy atom. The van der Waals surface area contributed by atoms with Gasteiger partial charge in [-0.15, -0.1) is 0 Å². The Labute approximate surface area is 134 Å². The molecule has 0 saturated carbocycles. The van der Waals surface area contributed by atoms with Crippen LogP contribution in [-0.2, 0) is 16.1 Å². The lowest BCUT2D eigenvalue weighted by Gasteiger charge is -2.28. The Morgan fingerprint density at radius 1 is 1.35 bits per heavy atom. The van der Waals surface area contributed by atoms with E-state index < -0.39 is 0 Å². The number of amides is 1. The normalized spacial score (nSPS) is 15.0. The number of rotatable bonds is 5. The highest BCUT2D eigenvalue weighted by molar-refractivity contribution is 5.91. The molecule has 120 valence electrons. The van der Waals surface area contributed by atoms with Gasteiger partial charge in [-0.25, -0.2) is 4.98 Å². The average Bonchev–Trinajstić information content (AvgIpc) is 3.13. The van der Waals surface area contributed by atoms with E-state index in [4.69, 9.17) is 9.15 Å². The summed E-state index contributed by atoms with van der Waals surface area (Å²) < 4.78 is 10.5. The molecular weight excluding hydrogens is 294 g/mol. The molecule has 1 aliphatic rings. The maximum absolute atomic E-state index is 11.8. The standard InChI is InChI=1S/C17H19N3O3/c21-17(4-3-15-2-1-9-23-15)19-13-14-5-6-18-16(12-14)20-7-10-22-11-8-20/h1-6,9,12H,7-8,10-11,13H2,(H,19,21). The number of carbonyl (C=O) groups is 1. The van der Waals surface area contributed by atoms with Gasteiger partial charge in [-0.2, -0.15) is 0 Å². The zero-order valence-corrected chi connectivity index (χ0v) is 12.8. The Bertz CT molecular complexity index is 661. The van der Waals surface area contributed by atoms with E-state index in [9.17, 15) is 4.79 Å². The van der Waals surface area contributed by atoms with E-state index in [0.29, 0.717) is 12.3 Å². The summed E-state index contributed by atoms with van der Waals surface area (Å²) in [7, 11) is 0. The minimum atomic E-state index is -0.161. The number of morpholine rings is 1. The van der Waals surface area contributed by atoms with E-state index in [1.807, 2.05) is 12.1 Å². The molecule has 0 atom stereocenters. The van der Waals surface area contributed by atoms with Gasteiger partial charge < -0.3 is 19.4 Å². The monoisotopic (exact) mass is 313 g/mol. The molecule has 0 aromatic carbocycles. The number of ether oxygens (including phenoxy) is 1. The van der Waals surface area contributed by atoms with Gasteiger partial charge in [0, 0.05) is 31.9 Å². The second-order valence-corrected chi connectivity index (χ2v) is 5.19. The van der Waals surface area contributed by atoms with Gasteiger partial charge in [0.2, 0.25) is 5.91 Å². The fourth-order valence-corrected chi connectivity index (χ4v) is 2.33. The van der Waals surface area contributed by atoms with Crippen LogP contribution in [0.25, 0.3) is 6.08 Å². The van der Waals surface area contributed by atoms with Gasteiger partial charge >= 0.3 is 0 Å². The fraction of sp³-hybridized carbons (Fsp3) is 0.294. The third-order valence-corrected chi connectivity index (χ3v) is 3.55. The summed E-state index contributed by atoms with van der Waals surface area (Å²) in [6, 6.07) is 7.48. The molecule has 6 nitrogen and oxygen atoms in total. The SMILES string of the molecule is O=C(C=Cc1ccco1)NCc1ccnc(N2CCOCC2)c1. The quantitative estimate of drug-likeness (QED) is 0.853. The van der Waals surface area contributed by atoms with E-state index in [1.165, 1.54) is 6.08 Å². The molecule has 3 rings (SSSR count). The molecule has 0 spiro atoms. The van der Waals surface area contributed by atoms with Crippen molar-refractivity contribution in [2.75, 3.05) is 31.2 Å². The predicted octanol–water partition coefficient (Wildman–Crippen LogP) is 1.84. The molecule has 0 radical (unpaired) electrons. The summed E-state index contributed by atoms with van der Waals surface area (Å²) in [5, 5.41) is 2.85. The van der Waals surface area contributed by atoms with Crippen molar-refractivity contribution < 1.29 is 13.9 Å². The fourth-order valence-electron chi connectivity index (χ4n) is 2.33. The molecule has 0 unspecified atom stereocenters. The highest BCUT2D eigenvalue weighted by Crippen LogP contribution is 2.14. The van der Waals surface area contributed by atoms with E-state index >= 15 is 0 Å². The predicted molar refractivity (Wildman–Crippen MR) is 86.9 cm³/mol. The van der Waals surface area contributed by atoms with Crippen molar-refractivity contribution in [3.05, 3.63) is 54.1 Å². The summed E-state index contributed by atoms with van der Waals surface area (Å²) in [6.07, 6.45) is 6.44. The number of carbonyl (C=O) groups excluding carboxylic acids is 1. The molecule has 2 aromatic rings. The summed E-state index contributed by atoms with van der Waals surface area (Å²) in [5.74, 6) is 1.41. The molecule has 1 saturated heterocycles. The summed E-state index contributed by atoms with van der Waals surface area (Å²) in [6.45, 7) is 3.59. The van der Waals surface area contributed by atoms with Crippen LogP contribution in [-0.4, -0.2) is 37.2 Å². The number of nitrogens with zero attached hydrogens (tertiary/aromatic N) is 2. The van der Waals surface area contributed by atoms with Crippen LogP contribution >= 0.6 is 0 Å². The lowest BCUT2D eigenvalue weighted by atomic mass is 10.2. The van der Waals surface area contributed by atoms with Crippen molar-refractivity contribution in [2.24, 2.45) is 0 Å². The van der Waals surface area contributed by atoms with Gasteiger partial charge in [0.15, 0.2) is 0 Å². The first-order chi connectivity index (χ1) is 11.3. The van der Waals surface area contributed by atoms with Crippen molar-refractivity contribution in [3.8, 4) is 0 Å². The molecule has 1 aliphatic heterocycles. The van der Waals surface area contributed by atoms with Crippen molar-refractivity contribution in [2.45, 2.75) is 6.54 Å². The molecule has 0 bridgehead atoms. The van der Waals surface area contributed by atoms with Crippen LogP contribution in [0.1, 0.15) is 11.3 Å². The van der Waals surface area contributed by atoms with Gasteiger partial charge in [-0.05, 0) is 35.9 Å². The Kier molecular flexibility index (Phi) is 5.06. The zero-order valence-electron chi connectivity index (χ0n) is 12.8. The highest BCUT2D eigenvalue weighted by Gasteiger charge is 2.12. The van der Waals surface area contributed by atoms with E-state index in [0.717, 1.165) is 37.7 Å². The number of nitrogens with one attached hydrogen (secondary N) is 1. The van der Waals surface area contributed by atoms with E-state index in [1.54, 1.807) is 30.7 Å². The first kappa shape index (κ1) is 15.3. The van der Waals surface area contributed by atoms with Gasteiger partial charge in [-0.3, -0.25) is 4.79 Å². The molecule has 1 amide bonds. The van der Waals surface area contributed by atoms with Crippen LogP contribution in [0.4, 0.5) is 5.82 Å². The Morgan fingerprint density at radius 3 is 3.00 bits per heavy atom. The molecular formula is C17H19N3O3. The number of furan rings is 1. The second-order valence-electron chi connectivity index (χ2n) is 5.19. The van der Waals surface area contributed by atoms with Gasteiger partial charge in [0.1, 0.15) is 11.6 Å². The lowest BCUT2D eigenvalue weighted by Crippen LogP contribution is -2.36.